The van der Waals surface area contributed by atoms with Crippen LogP contribution in [0.3, 0.4) is 0 Å². The van der Waals surface area contributed by atoms with E-state index in [1.54, 1.807) is 0 Å². The van der Waals surface area contributed by atoms with Gasteiger partial charge in [-0.15, -0.1) is 0 Å². The fraction of sp³-hybridized carbons (Fsp3) is 0.462. The normalized spacial score (nSPS) is 11.9. The molecule has 0 saturated heterocycles. The second-order valence-corrected chi connectivity index (χ2v) is 4.42. The topological polar surface area (TPSA) is 52.6 Å². The number of rotatable bonds is 6. The number of aliphatic carboxylic acids is 1. The fourth-order valence-corrected chi connectivity index (χ4v) is 1.55. The number of nitrogens with zero attached hydrogens (tertiary/aromatic N) is 1. The first-order valence-electron chi connectivity index (χ1n) is 5.74. The Balaban J connectivity index is 2.48. The van der Waals surface area contributed by atoms with Crippen molar-refractivity contribution in [2.75, 3.05) is 24.3 Å². The molecular weight excluding hydrogens is 216 g/mol. The van der Waals surface area contributed by atoms with E-state index in [2.05, 4.69) is 5.32 Å². The second-order valence-electron chi connectivity index (χ2n) is 4.42. The van der Waals surface area contributed by atoms with Crippen LogP contribution in [-0.4, -0.2) is 31.2 Å². The molecule has 2 N–H and O–H groups in total. The van der Waals surface area contributed by atoms with Crippen molar-refractivity contribution in [3.05, 3.63) is 24.3 Å². The van der Waals surface area contributed by atoms with Gasteiger partial charge in [-0.25, -0.2) is 0 Å². The van der Waals surface area contributed by atoms with E-state index in [0.29, 0.717) is 6.42 Å². The largest absolute Gasteiger partial charge is 0.481 e. The van der Waals surface area contributed by atoms with Crippen LogP contribution in [0.4, 0.5) is 11.4 Å². The molecule has 0 fully saturated rings. The molecule has 0 radical (unpaired) electrons. The van der Waals surface area contributed by atoms with Crippen LogP contribution >= 0.6 is 0 Å². The molecule has 1 atom stereocenters. The third-order valence-electron chi connectivity index (χ3n) is 2.59. The molecule has 0 spiro atoms. The first kappa shape index (κ1) is 13.4. The predicted molar refractivity (Wildman–Crippen MR) is 70.7 cm³/mol. The average molecular weight is 236 g/mol. The fourth-order valence-electron chi connectivity index (χ4n) is 1.55. The number of nitrogens with one attached hydrogen (secondary N) is 1. The SMILES string of the molecule is CC(CCC(=O)O)Nc1ccc(N(C)C)cc1. The smallest absolute Gasteiger partial charge is 0.303 e. The van der Waals surface area contributed by atoms with E-state index in [-0.39, 0.29) is 12.5 Å². The van der Waals surface area contributed by atoms with Crippen molar-refractivity contribution in [1.29, 1.82) is 0 Å². The summed E-state index contributed by atoms with van der Waals surface area (Å²) in [5.41, 5.74) is 2.17. The van der Waals surface area contributed by atoms with Gasteiger partial charge in [0.05, 0.1) is 0 Å². The lowest BCUT2D eigenvalue weighted by Crippen LogP contribution is -2.16. The minimum absolute atomic E-state index is 0.163. The van der Waals surface area contributed by atoms with Gasteiger partial charge < -0.3 is 15.3 Å². The summed E-state index contributed by atoms with van der Waals surface area (Å²) >= 11 is 0. The van der Waals surface area contributed by atoms with Crippen LogP contribution in [0.15, 0.2) is 24.3 Å². The van der Waals surface area contributed by atoms with Gasteiger partial charge in [0, 0.05) is 37.9 Å². The Morgan fingerprint density at radius 3 is 2.41 bits per heavy atom. The summed E-state index contributed by atoms with van der Waals surface area (Å²) in [5.74, 6) is -0.749. The highest BCUT2D eigenvalue weighted by molar-refractivity contribution is 5.66. The van der Waals surface area contributed by atoms with E-state index in [9.17, 15) is 4.79 Å². The molecule has 4 nitrogen and oxygen atoms in total. The van der Waals surface area contributed by atoms with Crippen molar-refractivity contribution in [1.82, 2.24) is 0 Å². The maximum Gasteiger partial charge on any atom is 0.303 e. The Kier molecular flexibility index (Phi) is 4.82. The molecule has 1 rings (SSSR count). The number of hydrogen-bond donors (Lipinski definition) is 2. The molecule has 0 aliphatic carbocycles. The maximum atomic E-state index is 10.4. The Morgan fingerprint density at radius 1 is 1.35 bits per heavy atom. The summed E-state index contributed by atoms with van der Waals surface area (Å²) in [5, 5.41) is 11.9. The Bertz CT molecular complexity index is 360. The highest BCUT2D eigenvalue weighted by atomic mass is 16.4. The zero-order chi connectivity index (χ0) is 12.8. The lowest BCUT2D eigenvalue weighted by molar-refractivity contribution is -0.137. The van der Waals surface area contributed by atoms with Crippen molar-refractivity contribution < 1.29 is 9.90 Å². The van der Waals surface area contributed by atoms with Crippen LogP contribution in [0.25, 0.3) is 0 Å². The molecule has 17 heavy (non-hydrogen) atoms. The van der Waals surface area contributed by atoms with Gasteiger partial charge >= 0.3 is 5.97 Å². The summed E-state index contributed by atoms with van der Waals surface area (Å²) in [6, 6.07) is 8.24. The first-order chi connectivity index (χ1) is 7.99. The zero-order valence-electron chi connectivity index (χ0n) is 10.6. The van der Waals surface area contributed by atoms with Crippen LogP contribution < -0.4 is 10.2 Å². The molecule has 0 heterocycles. The van der Waals surface area contributed by atoms with Crippen molar-refractivity contribution in [2.45, 2.75) is 25.8 Å². The van der Waals surface area contributed by atoms with Gasteiger partial charge in [-0.05, 0) is 37.6 Å². The maximum absolute atomic E-state index is 10.4. The Hall–Kier alpha value is -1.71. The quantitative estimate of drug-likeness (QED) is 0.796. The number of carboxylic acids is 1. The standard InChI is InChI=1S/C13H20N2O2/c1-10(4-9-13(16)17)14-11-5-7-12(8-6-11)15(2)3/h5-8,10,14H,4,9H2,1-3H3,(H,16,17). The summed E-state index contributed by atoms with van der Waals surface area (Å²) < 4.78 is 0. The molecular formula is C13H20N2O2. The molecule has 1 aromatic carbocycles. The van der Waals surface area contributed by atoms with E-state index < -0.39 is 5.97 Å². The summed E-state index contributed by atoms with van der Waals surface area (Å²) in [7, 11) is 4.00. The van der Waals surface area contributed by atoms with Crippen LogP contribution in [0.1, 0.15) is 19.8 Å². The first-order valence-corrected chi connectivity index (χ1v) is 5.74. The highest BCUT2D eigenvalue weighted by Crippen LogP contribution is 2.17. The van der Waals surface area contributed by atoms with Crippen molar-refractivity contribution >= 4 is 17.3 Å². The van der Waals surface area contributed by atoms with Crippen molar-refractivity contribution in [3.8, 4) is 0 Å². The van der Waals surface area contributed by atoms with E-state index in [1.807, 2.05) is 50.2 Å². The van der Waals surface area contributed by atoms with Gasteiger partial charge in [0.25, 0.3) is 0 Å². The molecule has 1 aromatic rings. The lowest BCUT2D eigenvalue weighted by Gasteiger charge is -2.16. The summed E-state index contributed by atoms with van der Waals surface area (Å²) in [6.45, 7) is 1.99. The van der Waals surface area contributed by atoms with E-state index in [0.717, 1.165) is 11.4 Å². The third-order valence-corrected chi connectivity index (χ3v) is 2.59. The highest BCUT2D eigenvalue weighted by Gasteiger charge is 2.05. The summed E-state index contributed by atoms with van der Waals surface area (Å²) in [4.78, 5) is 12.5. The van der Waals surface area contributed by atoms with Crippen LogP contribution in [0.5, 0.6) is 0 Å². The monoisotopic (exact) mass is 236 g/mol. The molecule has 0 aromatic heterocycles. The lowest BCUT2D eigenvalue weighted by atomic mass is 10.1. The average Bonchev–Trinajstić information content (AvgIpc) is 2.27. The molecule has 0 amide bonds. The van der Waals surface area contributed by atoms with Crippen LogP contribution in [0.2, 0.25) is 0 Å². The van der Waals surface area contributed by atoms with Crippen LogP contribution in [-0.2, 0) is 4.79 Å². The van der Waals surface area contributed by atoms with Gasteiger partial charge in [-0.3, -0.25) is 4.79 Å². The van der Waals surface area contributed by atoms with Crippen molar-refractivity contribution in [3.63, 3.8) is 0 Å². The number of carbonyl (C=O) groups is 1. The van der Waals surface area contributed by atoms with E-state index in [4.69, 9.17) is 5.11 Å². The molecule has 94 valence electrons. The number of benzene rings is 1. The van der Waals surface area contributed by atoms with Gasteiger partial charge in [0.15, 0.2) is 0 Å². The van der Waals surface area contributed by atoms with Gasteiger partial charge in [0.2, 0.25) is 0 Å². The molecule has 4 heteroatoms. The molecule has 1 unspecified atom stereocenters. The van der Waals surface area contributed by atoms with Gasteiger partial charge in [-0.2, -0.15) is 0 Å². The second kappa shape index (κ2) is 6.13. The zero-order valence-corrected chi connectivity index (χ0v) is 10.6. The van der Waals surface area contributed by atoms with E-state index >= 15 is 0 Å². The Labute approximate surface area is 102 Å². The Morgan fingerprint density at radius 2 is 1.94 bits per heavy atom. The molecule has 0 aliphatic heterocycles. The van der Waals surface area contributed by atoms with E-state index in [1.165, 1.54) is 0 Å². The number of anilines is 2. The van der Waals surface area contributed by atoms with Crippen LogP contribution in [0, 0.1) is 0 Å². The number of hydrogen-bond acceptors (Lipinski definition) is 3. The predicted octanol–water partition coefficient (Wildman–Crippen LogP) is 2.42. The minimum Gasteiger partial charge on any atom is -0.481 e. The molecule has 0 bridgehead atoms. The minimum atomic E-state index is -0.749. The third kappa shape index (κ3) is 4.76. The summed E-state index contributed by atoms with van der Waals surface area (Å²) in [6.07, 6.45) is 0.828. The van der Waals surface area contributed by atoms with Crippen molar-refractivity contribution in [2.24, 2.45) is 0 Å². The van der Waals surface area contributed by atoms with Gasteiger partial charge in [-0.1, -0.05) is 0 Å². The van der Waals surface area contributed by atoms with Gasteiger partial charge in [0.1, 0.15) is 0 Å². The molecule has 0 saturated carbocycles. The number of carboxylic acid groups (broad SMARTS) is 1. The molecule has 0 aliphatic rings.